The zero-order valence-corrected chi connectivity index (χ0v) is 25.1. The van der Waals surface area contributed by atoms with Gasteiger partial charge in [0.25, 0.3) is 10.0 Å². The number of amides is 2. The average molecular weight is 642 g/mol. The van der Waals surface area contributed by atoms with Gasteiger partial charge in [0.05, 0.1) is 21.2 Å². The number of carbonyl (C=O) groups excluding carboxylic acids is 2. The molecular weight excluding hydrogens is 610 g/mol. The van der Waals surface area contributed by atoms with Gasteiger partial charge < -0.3 is 10.2 Å². The maximum absolute atomic E-state index is 14.0. The van der Waals surface area contributed by atoms with Gasteiger partial charge in [-0.05, 0) is 60.9 Å². The van der Waals surface area contributed by atoms with Crippen molar-refractivity contribution in [1.29, 1.82) is 0 Å². The minimum absolute atomic E-state index is 0.140. The number of nitrogens with zero attached hydrogens (tertiary/aromatic N) is 2. The van der Waals surface area contributed by atoms with Crippen LogP contribution in [0, 0.1) is 5.82 Å². The van der Waals surface area contributed by atoms with Crippen molar-refractivity contribution < 1.29 is 35.6 Å². The quantitative estimate of drug-likeness (QED) is 0.172. The topological polar surface area (TPSA) is 86.8 Å². The second kappa shape index (κ2) is 14.7. The van der Waals surface area contributed by atoms with Crippen LogP contribution in [0.5, 0.6) is 0 Å². The van der Waals surface area contributed by atoms with Crippen LogP contribution in [0.2, 0.25) is 5.02 Å². The Kier molecular flexibility index (Phi) is 11.6. The molecule has 1 N–H and O–H groups in total. The van der Waals surface area contributed by atoms with Crippen LogP contribution in [-0.2, 0) is 32.3 Å². The molecule has 232 valence electrons. The second-order valence-corrected chi connectivity index (χ2v) is 12.0. The summed E-state index contributed by atoms with van der Waals surface area (Å²) in [5.41, 5.74) is -1.28. The van der Waals surface area contributed by atoms with E-state index in [2.05, 4.69) is 5.32 Å². The van der Waals surface area contributed by atoms with Crippen molar-refractivity contribution in [3.63, 3.8) is 0 Å². The Morgan fingerprint density at radius 2 is 1.63 bits per heavy atom. The maximum atomic E-state index is 14.0. The van der Waals surface area contributed by atoms with Crippen LogP contribution in [0.1, 0.15) is 44.2 Å². The van der Waals surface area contributed by atoms with E-state index < -0.39 is 57.7 Å². The third-order valence-electron chi connectivity index (χ3n) is 6.63. The Bertz CT molecular complexity index is 1500. The fraction of sp³-hybridized carbons (Fsp3) is 0.333. The molecule has 0 heterocycles. The number of benzene rings is 3. The second-order valence-electron chi connectivity index (χ2n) is 9.71. The zero-order chi connectivity index (χ0) is 31.8. The highest BCUT2D eigenvalue weighted by Gasteiger charge is 2.37. The summed E-state index contributed by atoms with van der Waals surface area (Å²) in [5, 5.41) is 2.43. The van der Waals surface area contributed by atoms with Crippen LogP contribution in [0.4, 0.5) is 23.2 Å². The Balaban J connectivity index is 2.12. The zero-order valence-electron chi connectivity index (χ0n) is 23.6. The Morgan fingerprint density at radius 3 is 2.21 bits per heavy atom. The molecule has 43 heavy (non-hydrogen) atoms. The van der Waals surface area contributed by atoms with E-state index in [1.54, 1.807) is 13.0 Å². The first-order valence-corrected chi connectivity index (χ1v) is 15.4. The minimum atomic E-state index is -4.83. The Labute approximate surface area is 253 Å². The number of hydrogen-bond acceptors (Lipinski definition) is 4. The number of rotatable bonds is 13. The van der Waals surface area contributed by atoms with Crippen molar-refractivity contribution in [1.82, 2.24) is 10.2 Å². The predicted molar refractivity (Wildman–Crippen MR) is 156 cm³/mol. The SMILES string of the molecule is CCCCNC(=O)[C@H](CC)N(Cc1ccc(F)cc1)C(=O)CN(c1cc(C(F)(F)F)ccc1Cl)S(=O)(=O)c1ccccc1. The molecule has 0 aliphatic rings. The molecule has 0 unspecified atom stereocenters. The lowest BCUT2D eigenvalue weighted by molar-refractivity contribution is -0.140. The predicted octanol–water partition coefficient (Wildman–Crippen LogP) is 6.42. The fourth-order valence-electron chi connectivity index (χ4n) is 4.33. The monoisotopic (exact) mass is 641 g/mol. The molecule has 0 fully saturated rings. The number of halogens is 5. The highest BCUT2D eigenvalue weighted by molar-refractivity contribution is 7.92. The van der Waals surface area contributed by atoms with E-state index in [4.69, 9.17) is 11.6 Å². The van der Waals surface area contributed by atoms with E-state index in [0.717, 1.165) is 17.4 Å². The average Bonchev–Trinajstić information content (AvgIpc) is 2.97. The number of anilines is 1. The number of hydrogen-bond donors (Lipinski definition) is 1. The highest BCUT2D eigenvalue weighted by Crippen LogP contribution is 2.37. The van der Waals surface area contributed by atoms with Crippen LogP contribution < -0.4 is 9.62 Å². The van der Waals surface area contributed by atoms with Gasteiger partial charge in [0.1, 0.15) is 18.4 Å². The largest absolute Gasteiger partial charge is 0.416 e. The molecule has 3 aromatic carbocycles. The standard InChI is InChI=1S/C30H32ClF4N3O4S/c1-3-5-17-36-29(40)26(4-2)37(19-21-11-14-23(32)15-12-21)28(39)20-38(43(41,42)24-9-7-6-8-10-24)27-18-22(30(33,34)35)13-16-25(27)31/h6-16,18,26H,3-5,17,19-20H2,1-2H3,(H,36,40)/t26-/m0/s1. The summed E-state index contributed by atoms with van der Waals surface area (Å²) in [4.78, 5) is 28.0. The van der Waals surface area contributed by atoms with Crippen LogP contribution in [0.3, 0.4) is 0 Å². The normalized spacial score (nSPS) is 12.4. The van der Waals surface area contributed by atoms with E-state index in [9.17, 15) is 35.6 Å². The Morgan fingerprint density at radius 1 is 0.977 bits per heavy atom. The molecule has 0 aliphatic heterocycles. The van der Waals surface area contributed by atoms with Gasteiger partial charge in [0.15, 0.2) is 0 Å². The smallest absolute Gasteiger partial charge is 0.354 e. The van der Waals surface area contributed by atoms with E-state index in [1.807, 2.05) is 6.92 Å². The molecule has 0 aromatic heterocycles. The van der Waals surface area contributed by atoms with Gasteiger partial charge in [-0.1, -0.05) is 62.2 Å². The molecule has 3 aromatic rings. The first-order valence-electron chi connectivity index (χ1n) is 13.6. The van der Waals surface area contributed by atoms with Crippen molar-refractivity contribution >= 4 is 39.1 Å². The third-order valence-corrected chi connectivity index (χ3v) is 8.73. The number of carbonyl (C=O) groups is 2. The summed E-state index contributed by atoms with van der Waals surface area (Å²) in [6.07, 6.45) is -3.20. The van der Waals surface area contributed by atoms with Crippen molar-refractivity contribution in [2.75, 3.05) is 17.4 Å². The van der Waals surface area contributed by atoms with Gasteiger partial charge in [-0.25, -0.2) is 12.8 Å². The summed E-state index contributed by atoms with van der Waals surface area (Å²) in [6, 6.07) is 13.2. The third kappa shape index (κ3) is 8.70. The molecule has 0 radical (unpaired) electrons. The molecule has 0 saturated heterocycles. The van der Waals surface area contributed by atoms with E-state index in [0.29, 0.717) is 35.0 Å². The van der Waals surface area contributed by atoms with Crippen LogP contribution >= 0.6 is 11.6 Å². The van der Waals surface area contributed by atoms with Gasteiger partial charge in [-0.2, -0.15) is 13.2 Å². The molecule has 13 heteroatoms. The number of sulfonamides is 1. The molecule has 7 nitrogen and oxygen atoms in total. The lowest BCUT2D eigenvalue weighted by Gasteiger charge is -2.33. The first-order chi connectivity index (χ1) is 20.3. The van der Waals surface area contributed by atoms with Crippen LogP contribution in [0.15, 0.2) is 77.7 Å². The lowest BCUT2D eigenvalue weighted by Crippen LogP contribution is -2.52. The summed E-state index contributed by atoms with van der Waals surface area (Å²) in [7, 11) is -4.63. The van der Waals surface area contributed by atoms with E-state index in [-0.39, 0.29) is 22.9 Å². The summed E-state index contributed by atoms with van der Waals surface area (Å²) in [5.74, 6) is -1.89. The van der Waals surface area contributed by atoms with Crippen molar-refractivity contribution in [2.24, 2.45) is 0 Å². The van der Waals surface area contributed by atoms with Crippen molar-refractivity contribution in [2.45, 2.75) is 56.8 Å². The molecule has 0 spiro atoms. The molecule has 0 saturated carbocycles. The van der Waals surface area contributed by atoms with Crippen molar-refractivity contribution in [3.8, 4) is 0 Å². The van der Waals surface area contributed by atoms with Gasteiger partial charge in [-0.3, -0.25) is 13.9 Å². The summed E-state index contributed by atoms with van der Waals surface area (Å²) < 4.78 is 82.8. The molecule has 3 rings (SSSR count). The van der Waals surface area contributed by atoms with Gasteiger partial charge in [-0.15, -0.1) is 0 Å². The van der Waals surface area contributed by atoms with Gasteiger partial charge in [0.2, 0.25) is 11.8 Å². The molecular formula is C30H32ClF4N3O4S. The fourth-order valence-corrected chi connectivity index (χ4v) is 6.04. The van der Waals surface area contributed by atoms with Crippen molar-refractivity contribution in [3.05, 3.63) is 94.8 Å². The molecule has 2 amide bonds. The lowest BCUT2D eigenvalue weighted by atomic mass is 10.1. The van der Waals surface area contributed by atoms with Crippen LogP contribution in [0.25, 0.3) is 0 Å². The highest BCUT2D eigenvalue weighted by atomic mass is 35.5. The van der Waals surface area contributed by atoms with Gasteiger partial charge >= 0.3 is 6.18 Å². The summed E-state index contributed by atoms with van der Waals surface area (Å²) >= 11 is 6.26. The van der Waals surface area contributed by atoms with E-state index in [1.165, 1.54) is 48.5 Å². The molecule has 0 aliphatic carbocycles. The minimum Gasteiger partial charge on any atom is -0.354 e. The first kappa shape index (κ1) is 33.9. The van der Waals surface area contributed by atoms with E-state index >= 15 is 0 Å². The molecule has 0 bridgehead atoms. The number of alkyl halides is 3. The van der Waals surface area contributed by atoms with Crippen LogP contribution in [-0.4, -0.2) is 44.3 Å². The van der Waals surface area contributed by atoms with Gasteiger partial charge in [0, 0.05) is 13.1 Å². The number of unbranched alkanes of at least 4 members (excludes halogenated alkanes) is 1. The molecule has 1 atom stereocenters. The summed E-state index contributed by atoms with van der Waals surface area (Å²) in [6.45, 7) is 2.77. The Hall–Kier alpha value is -3.64. The maximum Gasteiger partial charge on any atom is 0.416 e. The number of nitrogens with one attached hydrogen (secondary N) is 1.